The molecule has 0 spiro atoms. The molecule has 0 bridgehead atoms. The van der Waals surface area contributed by atoms with Crippen molar-refractivity contribution in [2.75, 3.05) is 13.3 Å². The van der Waals surface area contributed by atoms with Crippen LogP contribution in [0.4, 0.5) is 0 Å². The second-order valence-corrected chi connectivity index (χ2v) is 6.87. The van der Waals surface area contributed by atoms with Gasteiger partial charge in [-0.3, -0.25) is 4.79 Å². The average molecular weight is 377 g/mol. The molecular weight excluding hydrogens is 354 g/mol. The van der Waals surface area contributed by atoms with E-state index in [0.29, 0.717) is 25.9 Å². The molecule has 5 heteroatoms. The number of aryl methyl sites for hydroxylation is 1. The standard InChI is InChI=1S/C23H23NO4/c25-23(9-7-19-6-8-21-22(14-19)28-17-27-21)24(15-20-11-13-26-16-20)12-10-18-4-2-1-3-5-18/h1-6,8,11,13-14,16H,7,9-10,12,15,17H2. The average Bonchev–Trinajstić information content (AvgIpc) is 3.41. The van der Waals surface area contributed by atoms with Gasteiger partial charge in [0.2, 0.25) is 12.7 Å². The lowest BCUT2D eigenvalue weighted by Gasteiger charge is -2.22. The maximum Gasteiger partial charge on any atom is 0.231 e. The van der Waals surface area contributed by atoms with Crippen molar-refractivity contribution in [3.63, 3.8) is 0 Å². The third-order valence-electron chi connectivity index (χ3n) is 4.88. The van der Waals surface area contributed by atoms with Crippen LogP contribution in [-0.2, 0) is 24.2 Å². The number of benzene rings is 2. The molecule has 0 saturated carbocycles. The van der Waals surface area contributed by atoms with Crippen LogP contribution in [0.25, 0.3) is 0 Å². The summed E-state index contributed by atoms with van der Waals surface area (Å²) >= 11 is 0. The first kappa shape index (κ1) is 18.2. The number of rotatable bonds is 8. The van der Waals surface area contributed by atoms with Crippen molar-refractivity contribution in [2.24, 2.45) is 0 Å². The zero-order valence-electron chi connectivity index (χ0n) is 15.7. The zero-order valence-corrected chi connectivity index (χ0v) is 15.7. The Morgan fingerprint density at radius 3 is 2.57 bits per heavy atom. The quantitative estimate of drug-likeness (QED) is 0.590. The first-order valence-electron chi connectivity index (χ1n) is 9.49. The van der Waals surface area contributed by atoms with Crippen molar-refractivity contribution in [3.8, 4) is 11.5 Å². The number of fused-ring (bicyclic) bond motifs is 1. The van der Waals surface area contributed by atoms with E-state index in [2.05, 4.69) is 12.1 Å². The molecule has 28 heavy (non-hydrogen) atoms. The minimum absolute atomic E-state index is 0.134. The summed E-state index contributed by atoms with van der Waals surface area (Å²) in [6.07, 6.45) is 5.28. The van der Waals surface area contributed by atoms with Crippen LogP contribution < -0.4 is 9.47 Å². The van der Waals surface area contributed by atoms with Crippen LogP contribution in [0.1, 0.15) is 23.1 Å². The zero-order chi connectivity index (χ0) is 19.2. The molecule has 0 fully saturated rings. The van der Waals surface area contributed by atoms with Gasteiger partial charge in [0.05, 0.1) is 12.5 Å². The third-order valence-corrected chi connectivity index (χ3v) is 4.88. The Bertz CT molecular complexity index is 906. The van der Waals surface area contributed by atoms with Gasteiger partial charge in [0.25, 0.3) is 0 Å². The highest BCUT2D eigenvalue weighted by molar-refractivity contribution is 5.76. The Hall–Kier alpha value is -3.21. The number of nitrogens with zero attached hydrogens (tertiary/aromatic N) is 1. The van der Waals surface area contributed by atoms with E-state index >= 15 is 0 Å². The molecule has 2 heterocycles. The lowest BCUT2D eigenvalue weighted by atomic mass is 10.1. The fraction of sp³-hybridized carbons (Fsp3) is 0.261. The van der Waals surface area contributed by atoms with Crippen LogP contribution in [0.3, 0.4) is 0 Å². The number of carbonyl (C=O) groups excluding carboxylic acids is 1. The summed E-state index contributed by atoms with van der Waals surface area (Å²) in [5.41, 5.74) is 3.30. The lowest BCUT2D eigenvalue weighted by molar-refractivity contribution is -0.131. The van der Waals surface area contributed by atoms with Gasteiger partial charge in [-0.1, -0.05) is 36.4 Å². The molecule has 0 aliphatic carbocycles. The summed E-state index contributed by atoms with van der Waals surface area (Å²) in [7, 11) is 0. The Labute approximate surface area is 164 Å². The van der Waals surface area contributed by atoms with Gasteiger partial charge in [-0.05, 0) is 42.2 Å². The normalized spacial score (nSPS) is 12.1. The summed E-state index contributed by atoms with van der Waals surface area (Å²) in [5, 5.41) is 0. The van der Waals surface area contributed by atoms with Crippen molar-refractivity contribution >= 4 is 5.91 Å². The molecule has 3 aromatic rings. The largest absolute Gasteiger partial charge is 0.472 e. The summed E-state index contributed by atoms with van der Waals surface area (Å²) in [6.45, 7) is 1.49. The highest BCUT2D eigenvalue weighted by Gasteiger charge is 2.17. The maximum atomic E-state index is 12.9. The second-order valence-electron chi connectivity index (χ2n) is 6.87. The number of hydrogen-bond donors (Lipinski definition) is 0. The minimum atomic E-state index is 0.134. The summed E-state index contributed by atoms with van der Waals surface area (Å²) in [5.74, 6) is 1.65. The van der Waals surface area contributed by atoms with Gasteiger partial charge < -0.3 is 18.8 Å². The first-order chi connectivity index (χ1) is 13.8. The van der Waals surface area contributed by atoms with E-state index < -0.39 is 0 Å². The van der Waals surface area contributed by atoms with E-state index in [0.717, 1.165) is 29.0 Å². The van der Waals surface area contributed by atoms with Gasteiger partial charge in [0.15, 0.2) is 11.5 Å². The molecule has 1 aromatic heterocycles. The Kier molecular flexibility index (Phi) is 5.61. The molecule has 144 valence electrons. The summed E-state index contributed by atoms with van der Waals surface area (Å²) in [4.78, 5) is 14.8. The molecule has 4 rings (SSSR count). The summed E-state index contributed by atoms with van der Waals surface area (Å²) < 4.78 is 15.9. The van der Waals surface area contributed by atoms with E-state index in [9.17, 15) is 4.79 Å². The van der Waals surface area contributed by atoms with Crippen molar-refractivity contribution in [1.29, 1.82) is 0 Å². The van der Waals surface area contributed by atoms with Crippen LogP contribution in [0.15, 0.2) is 71.5 Å². The van der Waals surface area contributed by atoms with Gasteiger partial charge in [0.1, 0.15) is 0 Å². The van der Waals surface area contributed by atoms with Crippen molar-refractivity contribution in [3.05, 3.63) is 83.8 Å². The van der Waals surface area contributed by atoms with E-state index in [4.69, 9.17) is 13.9 Å². The van der Waals surface area contributed by atoms with Gasteiger partial charge >= 0.3 is 0 Å². The monoisotopic (exact) mass is 377 g/mol. The SMILES string of the molecule is O=C(CCc1ccc2c(c1)OCO2)N(CCc1ccccc1)Cc1ccoc1. The van der Waals surface area contributed by atoms with Crippen LogP contribution >= 0.6 is 0 Å². The molecule has 0 unspecified atom stereocenters. The predicted octanol–water partition coefficient (Wildman–Crippen LogP) is 4.21. The minimum Gasteiger partial charge on any atom is -0.472 e. The van der Waals surface area contributed by atoms with Gasteiger partial charge in [-0.15, -0.1) is 0 Å². The van der Waals surface area contributed by atoms with Crippen LogP contribution in [0.2, 0.25) is 0 Å². The van der Waals surface area contributed by atoms with Crippen LogP contribution in [-0.4, -0.2) is 24.1 Å². The van der Waals surface area contributed by atoms with Crippen molar-refractivity contribution in [1.82, 2.24) is 4.90 Å². The number of hydrogen-bond acceptors (Lipinski definition) is 4. The maximum absolute atomic E-state index is 12.9. The molecule has 0 saturated heterocycles. The van der Waals surface area contributed by atoms with Crippen molar-refractivity contribution < 1.29 is 18.7 Å². The van der Waals surface area contributed by atoms with Gasteiger partial charge in [-0.2, -0.15) is 0 Å². The van der Waals surface area contributed by atoms with Crippen LogP contribution in [0, 0.1) is 0 Å². The molecule has 2 aromatic carbocycles. The fourth-order valence-corrected chi connectivity index (χ4v) is 3.31. The molecule has 1 aliphatic rings. The second kappa shape index (κ2) is 8.65. The molecule has 5 nitrogen and oxygen atoms in total. The van der Waals surface area contributed by atoms with E-state index in [1.165, 1.54) is 5.56 Å². The molecule has 0 radical (unpaired) electrons. The lowest BCUT2D eigenvalue weighted by Crippen LogP contribution is -2.32. The fourth-order valence-electron chi connectivity index (χ4n) is 3.31. The summed E-state index contributed by atoms with van der Waals surface area (Å²) in [6, 6.07) is 18.0. The molecule has 1 aliphatic heterocycles. The molecular formula is C23H23NO4. The third kappa shape index (κ3) is 4.55. The molecule has 0 atom stereocenters. The molecule has 1 amide bonds. The van der Waals surface area contributed by atoms with E-state index in [1.807, 2.05) is 47.4 Å². The van der Waals surface area contributed by atoms with E-state index in [-0.39, 0.29) is 12.7 Å². The first-order valence-corrected chi connectivity index (χ1v) is 9.49. The highest BCUT2D eigenvalue weighted by Crippen LogP contribution is 2.32. The number of amides is 1. The Morgan fingerprint density at radius 2 is 1.75 bits per heavy atom. The topological polar surface area (TPSA) is 51.9 Å². The van der Waals surface area contributed by atoms with Crippen LogP contribution in [0.5, 0.6) is 11.5 Å². The van der Waals surface area contributed by atoms with Gasteiger partial charge in [-0.25, -0.2) is 0 Å². The van der Waals surface area contributed by atoms with Gasteiger partial charge in [0, 0.05) is 25.1 Å². The number of ether oxygens (including phenoxy) is 2. The smallest absolute Gasteiger partial charge is 0.231 e. The highest BCUT2D eigenvalue weighted by atomic mass is 16.7. The molecule has 0 N–H and O–H groups in total. The van der Waals surface area contributed by atoms with E-state index in [1.54, 1.807) is 12.5 Å². The Balaban J connectivity index is 1.38. The number of furan rings is 1. The van der Waals surface area contributed by atoms with Crippen molar-refractivity contribution in [2.45, 2.75) is 25.8 Å². The Morgan fingerprint density at radius 1 is 0.893 bits per heavy atom. The number of carbonyl (C=O) groups is 1. The predicted molar refractivity (Wildman–Crippen MR) is 105 cm³/mol.